The monoisotopic (exact) mass is 385 g/mol. The highest BCUT2D eigenvalue weighted by molar-refractivity contribution is 5.61. The molecule has 0 unspecified atom stereocenters. The summed E-state index contributed by atoms with van der Waals surface area (Å²) in [6.07, 6.45) is 2.84. The lowest BCUT2D eigenvalue weighted by Crippen LogP contribution is -2.42. The fourth-order valence-corrected chi connectivity index (χ4v) is 3.21. The Morgan fingerprint density at radius 3 is 2.82 bits per heavy atom. The lowest BCUT2D eigenvalue weighted by molar-refractivity contribution is 0.140. The second-order valence-electron chi connectivity index (χ2n) is 6.52. The molecule has 4 rings (SSSR count). The normalized spacial score (nSPS) is 14.9. The third-order valence-corrected chi connectivity index (χ3v) is 4.78. The van der Waals surface area contributed by atoms with Crippen LogP contribution in [0, 0.1) is 5.82 Å². The zero-order chi connectivity index (χ0) is 19.6. The van der Waals surface area contributed by atoms with Crippen molar-refractivity contribution in [3.63, 3.8) is 0 Å². The maximum atomic E-state index is 14.2. The van der Waals surface area contributed by atoms with E-state index in [1.165, 1.54) is 12.1 Å². The zero-order valence-corrected chi connectivity index (χ0v) is 14.6. The van der Waals surface area contributed by atoms with Crippen LogP contribution >= 0.6 is 0 Å². The lowest BCUT2D eigenvalue weighted by Gasteiger charge is -2.41. The topological polar surface area (TPSA) is 123 Å². The van der Waals surface area contributed by atoms with Gasteiger partial charge in [-0.25, -0.2) is 9.18 Å². The molecule has 28 heavy (non-hydrogen) atoms. The van der Waals surface area contributed by atoms with Gasteiger partial charge in [0.15, 0.2) is 5.76 Å². The third kappa shape index (κ3) is 3.48. The van der Waals surface area contributed by atoms with Crippen molar-refractivity contribution in [2.24, 2.45) is 0 Å². The van der Waals surface area contributed by atoms with Crippen LogP contribution in [0.3, 0.4) is 0 Å². The van der Waals surface area contributed by atoms with Gasteiger partial charge in [0.2, 0.25) is 0 Å². The fraction of sp³-hybridized carbons (Fsp3) is 0.278. The molecule has 0 amide bonds. The minimum atomic E-state index is -1.49. The van der Waals surface area contributed by atoms with Crippen LogP contribution in [0.15, 0.2) is 41.1 Å². The number of carbonyl (C=O) groups is 1. The Balaban J connectivity index is 1.44. The van der Waals surface area contributed by atoms with Crippen LogP contribution in [0.1, 0.15) is 25.0 Å². The molecule has 144 valence electrons. The Bertz CT molecular complexity index is 988. The van der Waals surface area contributed by atoms with Gasteiger partial charge in [-0.3, -0.25) is 4.98 Å². The van der Waals surface area contributed by atoms with Crippen LogP contribution in [-0.4, -0.2) is 38.1 Å². The van der Waals surface area contributed by atoms with Gasteiger partial charge in [-0.15, -0.1) is 10.2 Å². The van der Waals surface area contributed by atoms with E-state index in [4.69, 9.17) is 9.63 Å². The van der Waals surface area contributed by atoms with Gasteiger partial charge in [0.05, 0.1) is 11.8 Å². The van der Waals surface area contributed by atoms with Crippen molar-refractivity contribution in [1.29, 1.82) is 0 Å². The predicted octanol–water partition coefficient (Wildman–Crippen LogP) is 3.26. The number of pyridine rings is 1. The standard InChI is InChI=1S/C18H16FN5O4/c19-11-3-1-8-20-16(11)18(6-2-7-18)10-21-14-5-4-12(22-23-14)13-9-15(24-28-13)27-17(25)26/h1,3-5,8-9H,2,6-7,10H2,(H,21,23)(H,25,26). The highest BCUT2D eigenvalue weighted by atomic mass is 19.1. The van der Waals surface area contributed by atoms with Crippen LogP contribution < -0.4 is 10.1 Å². The number of halogens is 1. The van der Waals surface area contributed by atoms with E-state index < -0.39 is 6.16 Å². The van der Waals surface area contributed by atoms with Gasteiger partial charge in [0.1, 0.15) is 17.3 Å². The first kappa shape index (κ1) is 17.8. The Morgan fingerprint density at radius 2 is 2.18 bits per heavy atom. The van der Waals surface area contributed by atoms with Crippen molar-refractivity contribution in [2.75, 3.05) is 11.9 Å². The summed E-state index contributed by atoms with van der Waals surface area (Å²) >= 11 is 0. The molecule has 3 aromatic heterocycles. The van der Waals surface area contributed by atoms with Crippen molar-refractivity contribution in [3.8, 4) is 17.3 Å². The van der Waals surface area contributed by atoms with Gasteiger partial charge in [0.25, 0.3) is 5.88 Å². The van der Waals surface area contributed by atoms with Crippen molar-refractivity contribution in [2.45, 2.75) is 24.7 Å². The summed E-state index contributed by atoms with van der Waals surface area (Å²) < 4.78 is 23.6. The van der Waals surface area contributed by atoms with Crippen molar-refractivity contribution < 1.29 is 23.6 Å². The summed E-state index contributed by atoms with van der Waals surface area (Å²) in [6, 6.07) is 7.66. The number of carboxylic acid groups (broad SMARTS) is 1. The molecule has 3 aromatic rings. The van der Waals surface area contributed by atoms with Crippen molar-refractivity contribution in [3.05, 3.63) is 48.0 Å². The molecule has 10 heteroatoms. The minimum absolute atomic E-state index is 0.184. The van der Waals surface area contributed by atoms with E-state index >= 15 is 0 Å². The molecule has 0 radical (unpaired) electrons. The highest BCUT2D eigenvalue weighted by Gasteiger charge is 2.41. The lowest BCUT2D eigenvalue weighted by atomic mass is 9.66. The molecular weight excluding hydrogens is 369 g/mol. The fourth-order valence-electron chi connectivity index (χ4n) is 3.21. The van der Waals surface area contributed by atoms with E-state index in [1.807, 2.05) is 0 Å². The number of aromatic nitrogens is 4. The molecule has 1 aliphatic rings. The largest absolute Gasteiger partial charge is 0.512 e. The molecule has 0 aliphatic heterocycles. The van der Waals surface area contributed by atoms with Crippen molar-refractivity contribution in [1.82, 2.24) is 20.3 Å². The summed E-state index contributed by atoms with van der Waals surface area (Å²) in [5.74, 6) is 0.264. The Kier molecular flexibility index (Phi) is 4.60. The first-order valence-electron chi connectivity index (χ1n) is 8.62. The molecule has 3 heterocycles. The number of rotatable bonds is 6. The smallest absolute Gasteiger partial charge is 0.449 e. The molecule has 0 bridgehead atoms. The summed E-state index contributed by atoms with van der Waals surface area (Å²) in [4.78, 5) is 14.7. The zero-order valence-electron chi connectivity index (χ0n) is 14.6. The Hall–Kier alpha value is -3.56. The predicted molar refractivity (Wildman–Crippen MR) is 94.4 cm³/mol. The van der Waals surface area contributed by atoms with E-state index in [1.54, 1.807) is 24.4 Å². The average Bonchev–Trinajstić information content (AvgIpc) is 3.10. The molecule has 1 saturated carbocycles. The van der Waals surface area contributed by atoms with Gasteiger partial charge in [-0.1, -0.05) is 6.42 Å². The molecule has 0 aromatic carbocycles. The SMILES string of the molecule is O=C(O)Oc1cc(-c2ccc(NCC3(c4ncccc4F)CCC3)nn2)on1. The average molecular weight is 385 g/mol. The van der Waals surface area contributed by atoms with E-state index in [0.717, 1.165) is 19.3 Å². The first-order valence-corrected chi connectivity index (χ1v) is 8.62. The number of ether oxygens (including phenoxy) is 1. The number of hydrogen-bond acceptors (Lipinski definition) is 8. The minimum Gasteiger partial charge on any atom is -0.449 e. The van der Waals surface area contributed by atoms with E-state index in [-0.39, 0.29) is 22.9 Å². The van der Waals surface area contributed by atoms with Crippen LogP contribution in [-0.2, 0) is 5.41 Å². The van der Waals surface area contributed by atoms with Gasteiger partial charge in [0, 0.05) is 18.2 Å². The number of anilines is 1. The molecule has 1 fully saturated rings. The third-order valence-electron chi connectivity index (χ3n) is 4.78. The molecule has 0 atom stereocenters. The Morgan fingerprint density at radius 1 is 1.32 bits per heavy atom. The van der Waals surface area contributed by atoms with Crippen molar-refractivity contribution >= 4 is 12.0 Å². The van der Waals surface area contributed by atoms with E-state index in [9.17, 15) is 9.18 Å². The molecule has 0 spiro atoms. The molecule has 0 saturated heterocycles. The summed E-state index contributed by atoms with van der Waals surface area (Å²) in [5.41, 5.74) is 0.498. The van der Waals surface area contributed by atoms with Crippen LogP contribution in [0.4, 0.5) is 15.0 Å². The molecule has 9 nitrogen and oxygen atoms in total. The van der Waals surface area contributed by atoms with Crippen LogP contribution in [0.2, 0.25) is 0 Å². The van der Waals surface area contributed by atoms with Gasteiger partial charge in [-0.2, -0.15) is 0 Å². The molecule has 1 aliphatic carbocycles. The Labute approximate surface area is 158 Å². The number of nitrogens with one attached hydrogen (secondary N) is 1. The van der Waals surface area contributed by atoms with Crippen LogP contribution in [0.5, 0.6) is 5.88 Å². The van der Waals surface area contributed by atoms with Gasteiger partial charge < -0.3 is 19.7 Å². The first-order chi connectivity index (χ1) is 13.6. The summed E-state index contributed by atoms with van der Waals surface area (Å²) in [7, 11) is 0. The highest BCUT2D eigenvalue weighted by Crippen LogP contribution is 2.43. The second-order valence-corrected chi connectivity index (χ2v) is 6.52. The number of hydrogen-bond donors (Lipinski definition) is 2. The molecular formula is C18H16FN5O4. The van der Waals surface area contributed by atoms with Gasteiger partial charge in [-0.05, 0) is 42.3 Å². The maximum absolute atomic E-state index is 14.2. The quantitative estimate of drug-likeness (QED) is 0.615. The van der Waals surface area contributed by atoms with Crippen LogP contribution in [0.25, 0.3) is 11.5 Å². The number of nitrogens with zero attached hydrogens (tertiary/aromatic N) is 4. The second kappa shape index (κ2) is 7.22. The molecule has 2 N–H and O–H groups in total. The van der Waals surface area contributed by atoms with E-state index in [0.29, 0.717) is 23.8 Å². The van der Waals surface area contributed by atoms with Gasteiger partial charge >= 0.3 is 6.16 Å². The summed E-state index contributed by atoms with van der Waals surface area (Å²) in [6.45, 7) is 0.494. The van der Waals surface area contributed by atoms with E-state index in [2.05, 4.69) is 30.4 Å². The summed E-state index contributed by atoms with van der Waals surface area (Å²) in [5, 5.41) is 23.4. The maximum Gasteiger partial charge on any atom is 0.512 e.